The maximum atomic E-state index is 8.38. The molecule has 0 spiro atoms. The van der Waals surface area contributed by atoms with Crippen molar-refractivity contribution in [2.75, 3.05) is 0 Å². The van der Waals surface area contributed by atoms with Crippen LogP contribution in [0.2, 0.25) is 0 Å². The van der Waals surface area contributed by atoms with Gasteiger partial charge in [-0.1, -0.05) is 176 Å². The van der Waals surface area contributed by atoms with Gasteiger partial charge in [-0.3, -0.25) is 0 Å². The van der Waals surface area contributed by atoms with E-state index in [1.807, 2.05) is 82.0 Å². The van der Waals surface area contributed by atoms with Crippen LogP contribution in [0.1, 0.15) is 100 Å². The number of hydrogen-bond acceptors (Lipinski definition) is 0. The minimum atomic E-state index is -2.45. The maximum Gasteiger partial charge on any atom is 0.220 e. The molecule has 5 heteroatoms. The van der Waals surface area contributed by atoms with Crippen molar-refractivity contribution in [2.45, 2.75) is 95.7 Å². The number of nitrogens with zero attached hydrogens (tertiary/aromatic N) is 5. The van der Waals surface area contributed by atoms with Crippen LogP contribution in [0.4, 0.5) is 0 Å². The standard InChI is InChI=1S/C22H26N.C19H20N.2C18H18N.C17H16N/c1-14(2)18-7-8-20-19(13-18)9-10-23(6)22(20)21-12-15(3)11-16(4)17(21)5;1-13-9-14(2)15(3)18(10-13)19-11-16-7-5-6-8-17(16)12-20(19)4;2*1-13-8-9-17(14(2)10-13)18-11-15-6-4-5-7-16(15)12-19(18)3;1-13-7-3-6-10-16(13)17-11-14-8-4-5-9-15(14)12-18(17)2/h7-14H,1-6H3;5-12H,1-4H3;2*4-12H,1-3H3;3-12H,1-2H3/q5*+1/i1D3,4D3,14D;;1D3;;. The molecule has 0 aliphatic heterocycles. The zero-order chi connectivity index (χ0) is 78.8. The van der Waals surface area contributed by atoms with Gasteiger partial charge >= 0.3 is 0 Å². The van der Waals surface area contributed by atoms with E-state index in [0.717, 1.165) is 44.4 Å². The monoisotopic (exact) mass is 1310 g/mol. The zero-order valence-electron chi connectivity index (χ0n) is 70.1. The van der Waals surface area contributed by atoms with E-state index in [1.54, 1.807) is 30.3 Å². The number of aromatic nitrogens is 5. The average molecular weight is 1310 g/mol. The Balaban J connectivity index is 0.000000137. The van der Waals surface area contributed by atoms with E-state index >= 15 is 0 Å². The minimum absolute atomic E-state index is 0.326. The molecule has 0 saturated heterocycles. The van der Waals surface area contributed by atoms with Crippen LogP contribution in [-0.4, -0.2) is 0 Å². The first kappa shape index (κ1) is 57.3. The summed E-state index contributed by atoms with van der Waals surface area (Å²) in [6, 6.07) is 78.6. The summed E-state index contributed by atoms with van der Waals surface area (Å²) in [5.74, 6) is -1.73. The van der Waals surface area contributed by atoms with Gasteiger partial charge < -0.3 is 0 Å². The van der Waals surface area contributed by atoms with Crippen molar-refractivity contribution in [3.8, 4) is 56.3 Å². The number of fused-ring (bicyclic) bond motifs is 5. The molecule has 0 N–H and O–H groups in total. The first-order chi connectivity index (χ1) is 51.5. The predicted molar refractivity (Wildman–Crippen MR) is 419 cm³/mol. The smallest absolute Gasteiger partial charge is 0.200 e. The SMILES string of the molecule is Cc1cc(C)c(C)c(-c2cc3ccccc3c[n+]2C)c1.Cc1ccc(-c2cc3ccccc3c[n+]2C)c(C)c1.Cc1ccccc1-c1cc2ccccc2c[n+]1C.[2H]C([2H])([2H])c1cc(C)cc(-c2c3ccc(C([2H])(C)C([2H])([2H])[2H])cc3cc[n+]2C)c1C.[2H]C([2H])([2H])c1ccc(-c2cc3ccccc3c[n+]2C)c(C)c1. The summed E-state index contributed by atoms with van der Waals surface area (Å²) in [5, 5.41) is 11.7. The van der Waals surface area contributed by atoms with Crippen molar-refractivity contribution < 1.29 is 36.5 Å². The van der Waals surface area contributed by atoms with E-state index in [9.17, 15) is 0 Å². The van der Waals surface area contributed by atoms with E-state index in [1.165, 1.54) is 117 Å². The molecule has 5 nitrogen and oxygen atoms in total. The molecule has 494 valence electrons. The molecule has 0 aliphatic carbocycles. The summed E-state index contributed by atoms with van der Waals surface area (Å²) in [6.45, 7) is 13.4. The van der Waals surface area contributed by atoms with Crippen LogP contribution in [-0.2, 0) is 35.2 Å². The molecule has 0 radical (unpaired) electrons. The molecule has 0 amide bonds. The lowest BCUT2D eigenvalue weighted by atomic mass is 9.93. The molecule has 1 unspecified atom stereocenters. The highest BCUT2D eigenvalue weighted by atomic mass is 14.9. The van der Waals surface area contributed by atoms with Gasteiger partial charge in [0.15, 0.2) is 31.0 Å². The Kier molecular flexibility index (Phi) is 17.6. The second-order valence-electron chi connectivity index (χ2n) is 26.7. The quantitative estimate of drug-likeness (QED) is 0.148. The molecule has 15 rings (SSSR count). The number of hydrogen-bond donors (Lipinski definition) is 0. The van der Waals surface area contributed by atoms with E-state index in [2.05, 4.69) is 270 Å². The summed E-state index contributed by atoms with van der Waals surface area (Å²) < 4.78 is 88.4. The molecule has 0 aliphatic rings. The Labute approximate surface area is 603 Å². The highest BCUT2D eigenvalue weighted by molar-refractivity contribution is 5.95. The zero-order valence-corrected chi connectivity index (χ0v) is 60.1. The fourth-order valence-corrected chi connectivity index (χ4v) is 13.5. The molecule has 5 aromatic heterocycles. The Morgan fingerprint density at radius 2 is 0.687 bits per heavy atom. The highest BCUT2D eigenvalue weighted by Crippen LogP contribution is 2.34. The van der Waals surface area contributed by atoms with Crippen LogP contribution in [0.25, 0.3) is 110 Å². The van der Waals surface area contributed by atoms with Gasteiger partial charge in [0, 0.05) is 87.8 Å². The van der Waals surface area contributed by atoms with Crippen molar-refractivity contribution >= 4 is 53.9 Å². The van der Waals surface area contributed by atoms with Crippen LogP contribution >= 0.6 is 0 Å². The molecule has 15 aromatic rings. The molecule has 10 aromatic carbocycles. The minimum Gasteiger partial charge on any atom is -0.200 e. The third-order valence-corrected chi connectivity index (χ3v) is 19.0. The summed E-state index contributed by atoms with van der Waals surface area (Å²) in [7, 11) is 10.3. The van der Waals surface area contributed by atoms with Gasteiger partial charge in [-0.25, -0.2) is 22.8 Å². The lowest BCUT2D eigenvalue weighted by molar-refractivity contribution is -0.659. The van der Waals surface area contributed by atoms with Gasteiger partial charge in [-0.05, 0) is 214 Å². The number of rotatable bonds is 6. The van der Waals surface area contributed by atoms with Gasteiger partial charge in [0.05, 0.1) is 10.9 Å². The van der Waals surface area contributed by atoms with Gasteiger partial charge in [0.2, 0.25) is 28.5 Å². The van der Waals surface area contributed by atoms with Crippen molar-refractivity contribution in [1.29, 1.82) is 0 Å². The largest absolute Gasteiger partial charge is 0.220 e. The first-order valence-electron chi connectivity index (χ1n) is 38.9. The lowest BCUT2D eigenvalue weighted by Crippen LogP contribution is -2.30. The Bertz CT molecular complexity index is 5930. The molecule has 0 saturated carbocycles. The van der Waals surface area contributed by atoms with Crippen molar-refractivity contribution in [1.82, 2.24) is 0 Å². The fraction of sp³-hybridized carbons (Fsp3) is 0.202. The topological polar surface area (TPSA) is 19.4 Å². The molecule has 0 fully saturated rings. The third kappa shape index (κ3) is 15.8. The molecule has 5 heterocycles. The Morgan fingerprint density at radius 1 is 0.293 bits per heavy atom. The van der Waals surface area contributed by atoms with E-state index in [-0.39, 0.29) is 0 Å². The maximum absolute atomic E-state index is 8.38. The summed E-state index contributed by atoms with van der Waals surface area (Å²) >= 11 is 0. The van der Waals surface area contributed by atoms with Crippen LogP contribution in [0, 0.1) is 76.0 Å². The molecule has 99 heavy (non-hydrogen) atoms. The third-order valence-electron chi connectivity index (χ3n) is 19.0. The molecular weight excluding hydrogens is 1200 g/mol. The van der Waals surface area contributed by atoms with E-state index < -0.39 is 26.4 Å². The second-order valence-corrected chi connectivity index (χ2v) is 26.7. The Hall–Kier alpha value is -10.8. The lowest BCUT2D eigenvalue weighted by Gasteiger charge is -2.12. The first-order valence-corrected chi connectivity index (χ1v) is 33.9. The van der Waals surface area contributed by atoms with Crippen LogP contribution in [0.15, 0.2) is 262 Å². The van der Waals surface area contributed by atoms with Gasteiger partial charge in [-0.15, -0.1) is 0 Å². The molecule has 0 bridgehead atoms. The number of pyridine rings is 5. The fourth-order valence-electron chi connectivity index (χ4n) is 13.5. The number of aryl methyl sites for hydroxylation is 14. The van der Waals surface area contributed by atoms with Gasteiger partial charge in [0.25, 0.3) is 0 Å². The van der Waals surface area contributed by atoms with E-state index in [0.29, 0.717) is 22.3 Å². The second kappa shape index (κ2) is 30.3. The Morgan fingerprint density at radius 3 is 1.14 bits per heavy atom. The normalized spacial score (nSPS) is 13.5. The van der Waals surface area contributed by atoms with Crippen LogP contribution in [0.3, 0.4) is 0 Å². The van der Waals surface area contributed by atoms with Gasteiger partial charge in [0.1, 0.15) is 35.2 Å². The number of benzene rings is 10. The summed E-state index contributed by atoms with van der Waals surface area (Å²) in [6.07, 6.45) is 10.6. The van der Waals surface area contributed by atoms with Crippen molar-refractivity contribution in [3.63, 3.8) is 0 Å². The average Bonchev–Trinajstić information content (AvgIpc) is 0.789. The molecular formula is C94H98N5+5. The summed E-state index contributed by atoms with van der Waals surface area (Å²) in [5.41, 5.74) is 23.2. The van der Waals surface area contributed by atoms with Crippen molar-refractivity contribution in [2.24, 2.45) is 35.2 Å². The molecule has 1 atom stereocenters. The van der Waals surface area contributed by atoms with Crippen LogP contribution in [0.5, 0.6) is 0 Å². The van der Waals surface area contributed by atoms with Crippen LogP contribution < -0.4 is 22.8 Å². The van der Waals surface area contributed by atoms with Crippen molar-refractivity contribution in [3.05, 3.63) is 328 Å². The summed E-state index contributed by atoms with van der Waals surface area (Å²) in [4.78, 5) is 0. The highest BCUT2D eigenvalue weighted by Gasteiger charge is 2.21. The van der Waals surface area contributed by atoms with E-state index in [4.69, 9.17) is 13.7 Å². The predicted octanol–water partition coefficient (Wildman–Crippen LogP) is 21.2. The van der Waals surface area contributed by atoms with Gasteiger partial charge in [-0.2, -0.15) is 0 Å².